The molecular formula is C14H17BrF3N3. The van der Waals surface area contributed by atoms with E-state index in [9.17, 15) is 13.2 Å². The lowest BCUT2D eigenvalue weighted by Crippen LogP contribution is -2.37. The minimum atomic E-state index is -4.39. The lowest BCUT2D eigenvalue weighted by atomic mass is 9.93. The Hall–Kier alpha value is -0.820. The van der Waals surface area contributed by atoms with Gasteiger partial charge in [0.05, 0.1) is 5.56 Å². The molecule has 3 rings (SSSR count). The molecule has 0 bridgehead atoms. The summed E-state index contributed by atoms with van der Waals surface area (Å²) in [5.41, 5.74) is -0.650. The van der Waals surface area contributed by atoms with Crippen molar-refractivity contribution in [1.82, 2.24) is 10.3 Å². The number of rotatable bonds is 2. The van der Waals surface area contributed by atoms with Gasteiger partial charge in [-0.2, -0.15) is 13.2 Å². The smallest absolute Gasteiger partial charge is 0.352 e. The van der Waals surface area contributed by atoms with Gasteiger partial charge in [0, 0.05) is 36.3 Å². The van der Waals surface area contributed by atoms with Gasteiger partial charge < -0.3 is 10.2 Å². The molecule has 1 N–H and O–H groups in total. The molecule has 2 aliphatic rings. The Kier molecular flexibility index (Phi) is 3.90. The first-order chi connectivity index (χ1) is 9.91. The predicted molar refractivity (Wildman–Crippen MR) is 78.2 cm³/mol. The molecule has 0 saturated carbocycles. The topological polar surface area (TPSA) is 28.2 Å². The molecule has 3 heterocycles. The molecule has 0 amide bonds. The van der Waals surface area contributed by atoms with Crippen molar-refractivity contribution in [3.05, 3.63) is 22.3 Å². The van der Waals surface area contributed by atoms with E-state index in [-0.39, 0.29) is 11.9 Å². The maximum absolute atomic E-state index is 13.3. The predicted octanol–water partition coefficient (Wildman–Crippen LogP) is 3.30. The maximum Gasteiger partial charge on any atom is 0.419 e. The van der Waals surface area contributed by atoms with Gasteiger partial charge in [-0.05, 0) is 40.3 Å². The van der Waals surface area contributed by atoms with Crippen LogP contribution in [0.5, 0.6) is 0 Å². The van der Waals surface area contributed by atoms with Gasteiger partial charge in [-0.1, -0.05) is 6.92 Å². The van der Waals surface area contributed by atoms with E-state index in [0.717, 1.165) is 25.6 Å². The van der Waals surface area contributed by atoms with Gasteiger partial charge in [-0.25, -0.2) is 4.98 Å². The van der Waals surface area contributed by atoms with Crippen LogP contribution in [0.4, 0.5) is 19.0 Å². The molecule has 0 aliphatic carbocycles. The van der Waals surface area contributed by atoms with Crippen molar-refractivity contribution in [3.8, 4) is 0 Å². The van der Waals surface area contributed by atoms with Crippen molar-refractivity contribution < 1.29 is 13.2 Å². The highest BCUT2D eigenvalue weighted by molar-refractivity contribution is 9.10. The molecule has 0 spiro atoms. The summed E-state index contributed by atoms with van der Waals surface area (Å²) in [6.07, 6.45) is -2.11. The summed E-state index contributed by atoms with van der Waals surface area (Å²) in [6.45, 7) is 4.45. The summed E-state index contributed by atoms with van der Waals surface area (Å²) in [6, 6.07) is 1.25. The second-order valence-corrected chi connectivity index (χ2v) is 6.65. The molecular weight excluding hydrogens is 347 g/mol. The van der Waals surface area contributed by atoms with E-state index in [1.807, 2.05) is 11.8 Å². The van der Waals surface area contributed by atoms with Gasteiger partial charge in [0.25, 0.3) is 0 Å². The number of nitrogens with zero attached hydrogens (tertiary/aromatic N) is 2. The lowest BCUT2D eigenvalue weighted by molar-refractivity contribution is -0.137. The second kappa shape index (κ2) is 5.43. The molecule has 3 atom stereocenters. The van der Waals surface area contributed by atoms with E-state index < -0.39 is 11.7 Å². The summed E-state index contributed by atoms with van der Waals surface area (Å²) >= 11 is 3.09. The number of alkyl halides is 3. The Morgan fingerprint density at radius 3 is 2.86 bits per heavy atom. The number of halogens is 4. The zero-order chi connectivity index (χ0) is 15.2. The quantitative estimate of drug-likeness (QED) is 0.873. The number of fused-ring (bicyclic) bond motifs is 1. The third-order valence-electron chi connectivity index (χ3n) is 4.55. The molecule has 3 unspecified atom stereocenters. The molecule has 116 valence electrons. The molecule has 2 fully saturated rings. The van der Waals surface area contributed by atoms with Crippen LogP contribution in [0.3, 0.4) is 0 Å². The molecule has 7 heteroatoms. The fourth-order valence-corrected chi connectivity index (χ4v) is 3.99. The van der Waals surface area contributed by atoms with Crippen molar-refractivity contribution in [3.63, 3.8) is 0 Å². The van der Waals surface area contributed by atoms with Gasteiger partial charge in [-0.3, -0.25) is 0 Å². The van der Waals surface area contributed by atoms with Crippen LogP contribution in [0.1, 0.15) is 18.9 Å². The van der Waals surface area contributed by atoms with Gasteiger partial charge in [0.1, 0.15) is 5.82 Å². The summed E-state index contributed by atoms with van der Waals surface area (Å²) in [4.78, 5) is 5.96. The fourth-order valence-electron chi connectivity index (χ4n) is 3.66. The van der Waals surface area contributed by atoms with E-state index in [0.29, 0.717) is 22.9 Å². The molecule has 2 saturated heterocycles. The van der Waals surface area contributed by atoms with Crippen LogP contribution in [-0.2, 0) is 6.18 Å². The van der Waals surface area contributed by atoms with Crippen LogP contribution in [0.15, 0.2) is 16.7 Å². The highest BCUT2D eigenvalue weighted by atomic mass is 79.9. The van der Waals surface area contributed by atoms with Gasteiger partial charge in [0.15, 0.2) is 0 Å². The highest BCUT2D eigenvalue weighted by Gasteiger charge is 2.46. The lowest BCUT2D eigenvalue weighted by Gasteiger charge is -2.30. The summed E-state index contributed by atoms with van der Waals surface area (Å²) in [5.74, 6) is 0.912. The largest absolute Gasteiger partial charge is 0.419 e. The van der Waals surface area contributed by atoms with Crippen molar-refractivity contribution in [2.45, 2.75) is 25.6 Å². The molecule has 3 nitrogen and oxygen atoms in total. The van der Waals surface area contributed by atoms with Crippen molar-refractivity contribution in [2.75, 3.05) is 24.5 Å². The minimum Gasteiger partial charge on any atom is -0.352 e. The first kappa shape index (κ1) is 15.1. The molecule has 1 aromatic heterocycles. The van der Waals surface area contributed by atoms with E-state index in [4.69, 9.17) is 0 Å². The number of pyridine rings is 1. The number of hydrogen-bond donors (Lipinski definition) is 1. The normalized spacial score (nSPS) is 29.0. The first-order valence-corrected chi connectivity index (χ1v) is 7.91. The van der Waals surface area contributed by atoms with Crippen molar-refractivity contribution in [2.24, 2.45) is 11.8 Å². The van der Waals surface area contributed by atoms with Crippen LogP contribution < -0.4 is 10.2 Å². The van der Waals surface area contributed by atoms with Crippen LogP contribution in [0, 0.1) is 11.8 Å². The Balaban J connectivity index is 2.00. The zero-order valence-electron chi connectivity index (χ0n) is 11.6. The Morgan fingerprint density at radius 1 is 1.43 bits per heavy atom. The number of anilines is 1. The molecule has 21 heavy (non-hydrogen) atoms. The third-order valence-corrected chi connectivity index (χ3v) is 4.98. The van der Waals surface area contributed by atoms with Crippen LogP contribution >= 0.6 is 15.9 Å². The van der Waals surface area contributed by atoms with Crippen LogP contribution in [0.25, 0.3) is 0 Å². The van der Waals surface area contributed by atoms with E-state index >= 15 is 0 Å². The van der Waals surface area contributed by atoms with Crippen molar-refractivity contribution >= 4 is 21.7 Å². The van der Waals surface area contributed by atoms with Crippen LogP contribution in [0.2, 0.25) is 0 Å². The average molecular weight is 364 g/mol. The van der Waals surface area contributed by atoms with Crippen molar-refractivity contribution in [1.29, 1.82) is 0 Å². The Labute approximate surface area is 130 Å². The van der Waals surface area contributed by atoms with Crippen LogP contribution in [-0.4, -0.2) is 30.7 Å². The third kappa shape index (κ3) is 2.65. The number of hydrogen-bond acceptors (Lipinski definition) is 3. The number of aromatic nitrogens is 1. The summed E-state index contributed by atoms with van der Waals surface area (Å²) in [7, 11) is 0. The average Bonchev–Trinajstić information content (AvgIpc) is 2.97. The Morgan fingerprint density at radius 2 is 2.19 bits per heavy atom. The van der Waals surface area contributed by atoms with E-state index in [1.165, 1.54) is 6.20 Å². The summed E-state index contributed by atoms with van der Waals surface area (Å²) < 4.78 is 40.3. The van der Waals surface area contributed by atoms with E-state index in [2.05, 4.69) is 26.2 Å². The van der Waals surface area contributed by atoms with Gasteiger partial charge >= 0.3 is 6.18 Å². The number of nitrogens with one attached hydrogen (secondary N) is 1. The zero-order valence-corrected chi connectivity index (χ0v) is 13.2. The molecule has 1 aromatic rings. The second-order valence-electron chi connectivity index (χ2n) is 5.73. The molecule has 0 radical (unpaired) electrons. The molecule has 2 aliphatic heterocycles. The Bertz CT molecular complexity index is 535. The minimum absolute atomic E-state index is 0.0759. The monoisotopic (exact) mass is 363 g/mol. The van der Waals surface area contributed by atoms with Gasteiger partial charge in [-0.15, -0.1) is 0 Å². The first-order valence-electron chi connectivity index (χ1n) is 7.12. The SMILES string of the molecule is CCC1C2CNCC2CN1c1ncc(Br)cc1C(F)(F)F. The maximum atomic E-state index is 13.3. The standard InChI is InChI=1S/C14H17BrF3N3/c1-2-12-10-6-19-4-8(10)7-21(12)13-11(14(16,17)18)3-9(15)5-20-13/h3,5,8,10,12,19H,2,4,6-7H2,1H3. The van der Waals surface area contributed by atoms with E-state index in [1.54, 1.807) is 0 Å². The molecule has 0 aromatic carbocycles. The fraction of sp³-hybridized carbons (Fsp3) is 0.643. The highest BCUT2D eigenvalue weighted by Crippen LogP contribution is 2.42. The summed E-state index contributed by atoms with van der Waals surface area (Å²) in [5, 5.41) is 3.34. The van der Waals surface area contributed by atoms with Gasteiger partial charge in [0.2, 0.25) is 0 Å².